The van der Waals surface area contributed by atoms with Gasteiger partial charge in [0.2, 0.25) is 6.23 Å². The average Bonchev–Trinajstić information content (AvgIpc) is 3.03. The SMILES string of the molecule is CN1C=C(c2ccccc2)O[C@@H]1[C@@H]1C=Cc2cc([N+](=O)[O-])ccc2O1. The molecule has 2 atom stereocenters. The number of hydrogen-bond acceptors (Lipinski definition) is 5. The lowest BCUT2D eigenvalue weighted by Crippen LogP contribution is -2.40. The summed E-state index contributed by atoms with van der Waals surface area (Å²) in [4.78, 5) is 12.4. The van der Waals surface area contributed by atoms with E-state index in [4.69, 9.17) is 9.47 Å². The molecule has 126 valence electrons. The zero-order valence-corrected chi connectivity index (χ0v) is 13.5. The summed E-state index contributed by atoms with van der Waals surface area (Å²) in [5.41, 5.74) is 1.75. The lowest BCUT2D eigenvalue weighted by molar-refractivity contribution is -0.384. The van der Waals surface area contributed by atoms with Crippen molar-refractivity contribution in [3.8, 4) is 5.75 Å². The standard InChI is InChI=1S/C19H16N2O4/c1-20-12-18(13-5-3-2-4-6-13)25-19(20)17-9-7-14-11-15(21(22)23)8-10-16(14)24-17/h2-12,17,19H,1H3/t17-,19+/m0/s1. The summed E-state index contributed by atoms with van der Waals surface area (Å²) in [6, 6.07) is 14.5. The van der Waals surface area contributed by atoms with Crippen LogP contribution in [0.15, 0.2) is 60.8 Å². The number of rotatable bonds is 3. The molecule has 0 saturated carbocycles. The molecule has 25 heavy (non-hydrogen) atoms. The molecule has 6 heteroatoms. The smallest absolute Gasteiger partial charge is 0.270 e. The number of ether oxygens (including phenoxy) is 2. The highest BCUT2D eigenvalue weighted by atomic mass is 16.6. The number of nitro groups is 1. The van der Waals surface area contributed by atoms with Crippen molar-refractivity contribution in [2.75, 3.05) is 7.05 Å². The fourth-order valence-corrected chi connectivity index (χ4v) is 2.97. The predicted octanol–water partition coefficient (Wildman–Crippen LogP) is 3.66. The Bertz CT molecular complexity index is 876. The van der Waals surface area contributed by atoms with Crippen LogP contribution in [0.2, 0.25) is 0 Å². The van der Waals surface area contributed by atoms with Gasteiger partial charge in [0.1, 0.15) is 11.5 Å². The lowest BCUT2D eigenvalue weighted by atomic mass is 10.1. The Morgan fingerprint density at radius 1 is 1.12 bits per heavy atom. The number of hydrogen-bond donors (Lipinski definition) is 0. The van der Waals surface area contributed by atoms with Crippen molar-refractivity contribution in [2.24, 2.45) is 0 Å². The third-order valence-corrected chi connectivity index (χ3v) is 4.24. The molecule has 2 aromatic rings. The molecular weight excluding hydrogens is 320 g/mol. The van der Waals surface area contributed by atoms with Crippen LogP contribution in [-0.2, 0) is 4.74 Å². The van der Waals surface area contributed by atoms with Gasteiger partial charge in [-0.25, -0.2) is 0 Å². The minimum Gasteiger partial charge on any atom is -0.480 e. The predicted molar refractivity (Wildman–Crippen MR) is 93.6 cm³/mol. The van der Waals surface area contributed by atoms with Gasteiger partial charge in [0.05, 0.1) is 4.92 Å². The third kappa shape index (κ3) is 2.82. The minimum atomic E-state index is -0.413. The highest BCUT2D eigenvalue weighted by Gasteiger charge is 2.34. The summed E-state index contributed by atoms with van der Waals surface area (Å²) in [6.45, 7) is 0. The second kappa shape index (κ2) is 5.98. The summed E-state index contributed by atoms with van der Waals surface area (Å²) in [5.74, 6) is 1.41. The van der Waals surface area contributed by atoms with Gasteiger partial charge in [-0.1, -0.05) is 36.4 Å². The van der Waals surface area contributed by atoms with Crippen molar-refractivity contribution >= 4 is 17.5 Å². The number of nitrogens with zero attached hydrogens (tertiary/aromatic N) is 2. The van der Waals surface area contributed by atoms with E-state index >= 15 is 0 Å². The van der Waals surface area contributed by atoms with Crippen LogP contribution in [0.3, 0.4) is 0 Å². The van der Waals surface area contributed by atoms with Crippen LogP contribution in [0, 0.1) is 10.1 Å². The van der Waals surface area contributed by atoms with Crippen LogP contribution < -0.4 is 4.74 Å². The fraction of sp³-hybridized carbons (Fsp3) is 0.158. The van der Waals surface area contributed by atoms with Crippen LogP contribution in [0.25, 0.3) is 11.8 Å². The van der Waals surface area contributed by atoms with E-state index in [-0.39, 0.29) is 18.0 Å². The number of benzene rings is 2. The van der Waals surface area contributed by atoms with E-state index in [1.165, 1.54) is 12.1 Å². The van der Waals surface area contributed by atoms with Crippen molar-refractivity contribution in [2.45, 2.75) is 12.3 Å². The quantitative estimate of drug-likeness (QED) is 0.632. The molecule has 0 N–H and O–H groups in total. The highest BCUT2D eigenvalue weighted by Crippen LogP contribution is 2.34. The van der Waals surface area contributed by atoms with Crippen molar-refractivity contribution in [1.29, 1.82) is 0 Å². The maximum atomic E-state index is 10.9. The molecule has 0 saturated heterocycles. The van der Waals surface area contributed by atoms with E-state index in [1.807, 2.05) is 60.6 Å². The first-order chi connectivity index (χ1) is 12.1. The first-order valence-corrected chi connectivity index (χ1v) is 7.91. The van der Waals surface area contributed by atoms with Gasteiger partial charge in [0.25, 0.3) is 5.69 Å². The van der Waals surface area contributed by atoms with Gasteiger partial charge in [0, 0.05) is 36.5 Å². The molecule has 0 unspecified atom stereocenters. The lowest BCUT2D eigenvalue weighted by Gasteiger charge is -2.30. The van der Waals surface area contributed by atoms with Gasteiger partial charge in [-0.15, -0.1) is 0 Å². The Labute approximate surface area is 144 Å². The third-order valence-electron chi connectivity index (χ3n) is 4.24. The van der Waals surface area contributed by atoms with Crippen molar-refractivity contribution < 1.29 is 14.4 Å². The van der Waals surface area contributed by atoms with Crippen LogP contribution in [0.5, 0.6) is 5.75 Å². The normalized spacial score (nSPS) is 21.2. The Morgan fingerprint density at radius 3 is 2.68 bits per heavy atom. The molecular formula is C19H16N2O4. The van der Waals surface area contributed by atoms with Gasteiger partial charge in [-0.3, -0.25) is 10.1 Å². The molecule has 0 amide bonds. The van der Waals surface area contributed by atoms with Crippen molar-refractivity contribution in [1.82, 2.24) is 4.90 Å². The Balaban J connectivity index is 1.53. The summed E-state index contributed by atoms with van der Waals surface area (Å²) < 4.78 is 12.1. The molecule has 2 heterocycles. The Hall–Kier alpha value is -3.28. The largest absolute Gasteiger partial charge is 0.480 e. The van der Waals surface area contributed by atoms with E-state index in [0.717, 1.165) is 11.3 Å². The number of nitro benzene ring substituents is 1. The molecule has 2 aliphatic heterocycles. The van der Waals surface area contributed by atoms with E-state index in [0.29, 0.717) is 11.3 Å². The molecule has 0 spiro atoms. The van der Waals surface area contributed by atoms with Gasteiger partial charge < -0.3 is 14.4 Å². The molecule has 2 aromatic carbocycles. The molecule has 0 radical (unpaired) electrons. The first kappa shape index (κ1) is 15.3. The second-order valence-corrected chi connectivity index (χ2v) is 5.95. The molecule has 4 rings (SSSR count). The maximum absolute atomic E-state index is 10.9. The van der Waals surface area contributed by atoms with Gasteiger partial charge in [-0.05, 0) is 12.1 Å². The second-order valence-electron chi connectivity index (χ2n) is 5.95. The zero-order valence-electron chi connectivity index (χ0n) is 13.5. The molecule has 0 aliphatic carbocycles. The van der Waals surface area contributed by atoms with Gasteiger partial charge in [-0.2, -0.15) is 0 Å². The maximum Gasteiger partial charge on any atom is 0.270 e. The highest BCUT2D eigenvalue weighted by molar-refractivity contribution is 5.64. The van der Waals surface area contributed by atoms with Crippen LogP contribution >= 0.6 is 0 Å². The van der Waals surface area contributed by atoms with E-state index in [9.17, 15) is 10.1 Å². The van der Waals surface area contributed by atoms with Gasteiger partial charge >= 0.3 is 0 Å². The minimum absolute atomic E-state index is 0.0488. The first-order valence-electron chi connectivity index (χ1n) is 7.91. The van der Waals surface area contributed by atoms with Crippen molar-refractivity contribution in [3.63, 3.8) is 0 Å². The molecule has 0 fully saturated rings. The number of likely N-dealkylation sites (N-methyl/N-ethyl adjacent to an activating group) is 1. The monoisotopic (exact) mass is 336 g/mol. The molecule has 6 nitrogen and oxygen atoms in total. The summed E-state index contributed by atoms with van der Waals surface area (Å²) >= 11 is 0. The van der Waals surface area contributed by atoms with Crippen molar-refractivity contribution in [3.05, 3.63) is 82.0 Å². The molecule has 2 aliphatic rings. The fourth-order valence-electron chi connectivity index (χ4n) is 2.97. The number of non-ortho nitro benzene ring substituents is 1. The number of fused-ring (bicyclic) bond motifs is 1. The van der Waals surface area contributed by atoms with E-state index in [1.54, 1.807) is 6.07 Å². The molecule has 0 bridgehead atoms. The average molecular weight is 336 g/mol. The van der Waals surface area contributed by atoms with Crippen LogP contribution in [0.1, 0.15) is 11.1 Å². The van der Waals surface area contributed by atoms with Gasteiger partial charge in [0.15, 0.2) is 6.10 Å². The Morgan fingerprint density at radius 2 is 1.92 bits per heavy atom. The topological polar surface area (TPSA) is 64.8 Å². The summed E-state index contributed by atoms with van der Waals surface area (Å²) in [6.07, 6.45) is 5.05. The Kier molecular flexibility index (Phi) is 3.65. The summed E-state index contributed by atoms with van der Waals surface area (Å²) in [7, 11) is 1.93. The van der Waals surface area contributed by atoms with Crippen LogP contribution in [0.4, 0.5) is 5.69 Å². The van der Waals surface area contributed by atoms with E-state index in [2.05, 4.69) is 0 Å². The molecule has 0 aromatic heterocycles. The zero-order chi connectivity index (χ0) is 17.4. The van der Waals surface area contributed by atoms with E-state index < -0.39 is 4.92 Å². The summed E-state index contributed by atoms with van der Waals surface area (Å²) in [5, 5.41) is 10.9. The van der Waals surface area contributed by atoms with Crippen LogP contribution in [-0.4, -0.2) is 29.2 Å².